The first-order chi connectivity index (χ1) is 10.9. The minimum Gasteiger partial charge on any atom is -0.497 e. The van der Waals surface area contributed by atoms with Crippen molar-refractivity contribution in [3.63, 3.8) is 0 Å². The highest BCUT2D eigenvalue weighted by molar-refractivity contribution is 7.89. The number of ether oxygens (including phenoxy) is 1. The molecule has 5 heteroatoms. The van der Waals surface area contributed by atoms with E-state index in [9.17, 15) is 8.42 Å². The summed E-state index contributed by atoms with van der Waals surface area (Å²) in [5.74, 6) is 0.877. The predicted molar refractivity (Wildman–Crippen MR) is 96.0 cm³/mol. The molecular weight excluding hydrogens is 310 g/mol. The first kappa shape index (κ1) is 19.7. The monoisotopic (exact) mass is 339 g/mol. The average Bonchev–Trinajstić information content (AvgIpc) is 2.51. The van der Waals surface area contributed by atoms with Crippen LogP contribution in [0.2, 0.25) is 0 Å². The smallest absolute Gasteiger partial charge is 0.212 e. The Morgan fingerprint density at radius 3 is 2.39 bits per heavy atom. The predicted octanol–water partition coefficient (Wildman–Crippen LogP) is 3.67. The second kappa shape index (κ2) is 9.73. The van der Waals surface area contributed by atoms with Crippen LogP contribution in [-0.4, -0.2) is 20.8 Å². The van der Waals surface area contributed by atoms with Crippen molar-refractivity contribution in [1.82, 2.24) is 0 Å². The molecule has 0 fully saturated rings. The molecule has 23 heavy (non-hydrogen) atoms. The lowest BCUT2D eigenvalue weighted by Crippen LogP contribution is -2.33. The van der Waals surface area contributed by atoms with Gasteiger partial charge >= 0.3 is 0 Å². The van der Waals surface area contributed by atoms with Crippen LogP contribution in [0.1, 0.15) is 45.1 Å². The van der Waals surface area contributed by atoms with Gasteiger partial charge in [0, 0.05) is 0 Å². The van der Waals surface area contributed by atoms with Gasteiger partial charge in [-0.3, -0.25) is 0 Å². The summed E-state index contributed by atoms with van der Waals surface area (Å²) in [6, 6.07) is 7.93. The molecular formula is C18H29NO3S. The molecule has 1 aromatic rings. The van der Waals surface area contributed by atoms with Gasteiger partial charge in [-0.25, -0.2) is 13.6 Å². The fraction of sp³-hybridized carbons (Fsp3) is 0.556. The van der Waals surface area contributed by atoms with Gasteiger partial charge in [-0.15, -0.1) is 0 Å². The molecule has 2 N–H and O–H groups in total. The summed E-state index contributed by atoms with van der Waals surface area (Å²) < 4.78 is 28.6. The lowest BCUT2D eigenvalue weighted by Gasteiger charge is -2.20. The van der Waals surface area contributed by atoms with Crippen molar-refractivity contribution in [3.05, 3.63) is 42.0 Å². The van der Waals surface area contributed by atoms with E-state index in [1.54, 1.807) is 7.11 Å². The highest BCUT2D eigenvalue weighted by atomic mass is 32.2. The van der Waals surface area contributed by atoms with Crippen molar-refractivity contribution in [2.75, 3.05) is 7.11 Å². The van der Waals surface area contributed by atoms with E-state index in [-0.39, 0.29) is 5.92 Å². The van der Waals surface area contributed by atoms with Crippen LogP contribution >= 0.6 is 0 Å². The minimum absolute atomic E-state index is 0.0312. The SMILES string of the molecule is CCCCC(C(C)CC=CCc1ccc(OC)cc1)S(N)(=O)=O. The fourth-order valence-electron chi connectivity index (χ4n) is 2.62. The first-order valence-corrected chi connectivity index (χ1v) is 9.79. The van der Waals surface area contributed by atoms with Crippen LogP contribution in [0.5, 0.6) is 5.75 Å². The molecule has 130 valence electrons. The van der Waals surface area contributed by atoms with Gasteiger partial charge in [-0.2, -0.15) is 0 Å². The lowest BCUT2D eigenvalue weighted by atomic mass is 9.98. The number of unbranched alkanes of at least 4 members (excludes halogenated alkanes) is 1. The van der Waals surface area contributed by atoms with Gasteiger partial charge in [0.1, 0.15) is 5.75 Å². The Hall–Kier alpha value is -1.33. The number of sulfonamides is 1. The first-order valence-electron chi connectivity index (χ1n) is 8.18. The molecule has 0 aliphatic carbocycles. The molecule has 1 aromatic carbocycles. The second-order valence-electron chi connectivity index (χ2n) is 6.01. The normalized spacial score (nSPS) is 14.8. The molecule has 0 amide bonds. The molecule has 0 saturated carbocycles. The van der Waals surface area contributed by atoms with Gasteiger partial charge in [0.15, 0.2) is 0 Å². The molecule has 0 heterocycles. The molecule has 2 unspecified atom stereocenters. The summed E-state index contributed by atoms with van der Waals surface area (Å²) in [4.78, 5) is 0. The minimum atomic E-state index is -3.48. The van der Waals surface area contributed by atoms with Crippen molar-refractivity contribution in [2.24, 2.45) is 11.1 Å². The molecule has 2 atom stereocenters. The van der Waals surface area contributed by atoms with Gasteiger partial charge in [-0.05, 0) is 42.9 Å². The van der Waals surface area contributed by atoms with Crippen molar-refractivity contribution in [3.8, 4) is 5.75 Å². The van der Waals surface area contributed by atoms with E-state index in [2.05, 4.69) is 19.1 Å². The van der Waals surface area contributed by atoms with E-state index < -0.39 is 15.3 Å². The Bertz CT molecular complexity index is 579. The van der Waals surface area contributed by atoms with Crippen LogP contribution in [0.25, 0.3) is 0 Å². The maximum atomic E-state index is 11.7. The summed E-state index contributed by atoms with van der Waals surface area (Å²) >= 11 is 0. The van der Waals surface area contributed by atoms with Crippen molar-refractivity contribution in [1.29, 1.82) is 0 Å². The topological polar surface area (TPSA) is 69.4 Å². The number of rotatable bonds is 10. The molecule has 4 nitrogen and oxygen atoms in total. The Morgan fingerprint density at radius 2 is 1.87 bits per heavy atom. The second-order valence-corrected chi connectivity index (χ2v) is 7.79. The van der Waals surface area contributed by atoms with Crippen LogP contribution in [0, 0.1) is 5.92 Å². The third kappa shape index (κ3) is 7.18. The fourth-order valence-corrected chi connectivity index (χ4v) is 3.88. The molecule has 0 aliphatic rings. The lowest BCUT2D eigenvalue weighted by molar-refractivity contribution is 0.414. The van der Waals surface area contributed by atoms with Gasteiger partial charge in [0.05, 0.1) is 12.4 Å². The maximum absolute atomic E-state index is 11.7. The number of nitrogens with two attached hydrogens (primary N) is 1. The summed E-state index contributed by atoms with van der Waals surface area (Å²) in [5, 5.41) is 4.93. The zero-order chi connectivity index (χ0) is 17.3. The van der Waals surface area contributed by atoms with E-state index in [0.29, 0.717) is 6.42 Å². The van der Waals surface area contributed by atoms with E-state index >= 15 is 0 Å². The van der Waals surface area contributed by atoms with Gasteiger partial charge in [0.2, 0.25) is 10.0 Å². The van der Waals surface area contributed by atoms with Crippen LogP contribution in [0.3, 0.4) is 0 Å². The standard InChI is InChI=1S/C18H29NO3S/c1-4-5-10-18(23(19,20)21)15(2)8-6-7-9-16-11-13-17(22-3)14-12-16/h6-7,11-15,18H,4-5,8-10H2,1-3H3,(H2,19,20,21). The number of methoxy groups -OCH3 is 1. The molecule has 0 aliphatic heterocycles. The molecule has 0 spiro atoms. The van der Waals surface area contributed by atoms with Crippen LogP contribution in [-0.2, 0) is 16.4 Å². The van der Waals surface area contributed by atoms with Crippen molar-refractivity contribution >= 4 is 10.0 Å². The van der Waals surface area contributed by atoms with E-state index in [4.69, 9.17) is 9.88 Å². The highest BCUT2D eigenvalue weighted by Gasteiger charge is 2.26. The highest BCUT2D eigenvalue weighted by Crippen LogP contribution is 2.21. The van der Waals surface area contributed by atoms with E-state index in [1.807, 2.05) is 31.2 Å². The number of hydrogen-bond donors (Lipinski definition) is 1. The summed E-state index contributed by atoms with van der Waals surface area (Å²) in [5.41, 5.74) is 1.20. The molecule has 1 rings (SSSR count). The van der Waals surface area contributed by atoms with E-state index in [1.165, 1.54) is 5.56 Å². The van der Waals surface area contributed by atoms with Crippen molar-refractivity contribution in [2.45, 2.75) is 51.2 Å². The number of primary sulfonamides is 1. The van der Waals surface area contributed by atoms with Gasteiger partial charge < -0.3 is 4.74 Å². The molecule has 0 aromatic heterocycles. The van der Waals surface area contributed by atoms with Crippen LogP contribution in [0.4, 0.5) is 0 Å². The number of hydrogen-bond acceptors (Lipinski definition) is 3. The van der Waals surface area contributed by atoms with Crippen LogP contribution in [0.15, 0.2) is 36.4 Å². The third-order valence-electron chi connectivity index (χ3n) is 4.09. The Morgan fingerprint density at radius 1 is 1.22 bits per heavy atom. The third-order valence-corrected chi connectivity index (χ3v) is 5.63. The molecule has 0 bridgehead atoms. The Balaban J connectivity index is 2.53. The maximum Gasteiger partial charge on any atom is 0.212 e. The average molecular weight is 340 g/mol. The number of benzene rings is 1. The Labute approximate surface area is 140 Å². The number of allylic oxidation sites excluding steroid dienone is 2. The largest absolute Gasteiger partial charge is 0.497 e. The zero-order valence-corrected chi connectivity index (χ0v) is 15.2. The van der Waals surface area contributed by atoms with Crippen LogP contribution < -0.4 is 9.88 Å². The van der Waals surface area contributed by atoms with Crippen molar-refractivity contribution < 1.29 is 13.2 Å². The van der Waals surface area contributed by atoms with Gasteiger partial charge in [-0.1, -0.05) is 51.0 Å². The molecule has 0 saturated heterocycles. The van der Waals surface area contributed by atoms with Gasteiger partial charge in [0.25, 0.3) is 0 Å². The Kier molecular flexibility index (Phi) is 8.34. The quantitative estimate of drug-likeness (QED) is 0.661. The summed E-state index contributed by atoms with van der Waals surface area (Å²) in [7, 11) is -1.83. The zero-order valence-electron chi connectivity index (χ0n) is 14.4. The summed E-state index contributed by atoms with van der Waals surface area (Å²) in [6.45, 7) is 4.02. The summed E-state index contributed by atoms with van der Waals surface area (Å²) in [6.07, 6.45) is 8.19. The van der Waals surface area contributed by atoms with E-state index in [0.717, 1.165) is 31.4 Å². The molecule has 0 radical (unpaired) electrons.